The molecule has 0 aliphatic heterocycles. The van der Waals surface area contributed by atoms with Crippen LogP contribution in [0.1, 0.15) is 40.2 Å². The van der Waals surface area contributed by atoms with E-state index in [0.29, 0.717) is 5.16 Å². The summed E-state index contributed by atoms with van der Waals surface area (Å²) in [5.74, 6) is 0.101. The van der Waals surface area contributed by atoms with Crippen molar-refractivity contribution in [3.8, 4) is 5.69 Å². The Kier molecular flexibility index (Phi) is 5.99. The normalized spacial score (nSPS) is 12.7. The summed E-state index contributed by atoms with van der Waals surface area (Å²) in [7, 11) is 0. The highest BCUT2D eigenvalue weighted by atomic mass is 32.2. The molecule has 0 fully saturated rings. The standard InChI is InChI=1S/C17H25N5OS/c1-11(2)21(12(3)4)16(23)14(6)24-17-18-19-20-22(17)15-9-7-8-13(5)10-15/h7-12,14H,1-6H3. The minimum absolute atomic E-state index is 0.101. The molecule has 1 aromatic carbocycles. The molecular weight excluding hydrogens is 322 g/mol. The lowest BCUT2D eigenvalue weighted by molar-refractivity contribution is -0.133. The Bertz CT molecular complexity index is 690. The molecule has 1 amide bonds. The first-order valence-corrected chi connectivity index (χ1v) is 9.03. The second-order valence-corrected chi connectivity index (χ2v) is 7.71. The van der Waals surface area contributed by atoms with E-state index in [1.807, 2.05) is 70.7 Å². The Morgan fingerprint density at radius 2 is 1.83 bits per heavy atom. The van der Waals surface area contributed by atoms with E-state index in [1.165, 1.54) is 11.8 Å². The number of thioether (sulfide) groups is 1. The molecule has 1 atom stereocenters. The number of benzene rings is 1. The summed E-state index contributed by atoms with van der Waals surface area (Å²) in [5.41, 5.74) is 2.03. The van der Waals surface area contributed by atoms with Crippen LogP contribution in [0.4, 0.5) is 0 Å². The molecule has 0 spiro atoms. The zero-order valence-corrected chi connectivity index (χ0v) is 15.9. The van der Waals surface area contributed by atoms with Gasteiger partial charge in [-0.3, -0.25) is 4.79 Å². The fourth-order valence-electron chi connectivity index (χ4n) is 2.70. The van der Waals surface area contributed by atoms with Gasteiger partial charge in [0.2, 0.25) is 11.1 Å². The number of amides is 1. The molecular formula is C17H25N5OS. The first-order valence-electron chi connectivity index (χ1n) is 8.15. The number of aryl methyl sites for hydroxylation is 1. The van der Waals surface area contributed by atoms with E-state index in [9.17, 15) is 4.79 Å². The van der Waals surface area contributed by atoms with Gasteiger partial charge in [0.15, 0.2) is 0 Å². The summed E-state index contributed by atoms with van der Waals surface area (Å²) in [4.78, 5) is 14.7. The van der Waals surface area contributed by atoms with Crippen LogP contribution in [0.3, 0.4) is 0 Å². The lowest BCUT2D eigenvalue weighted by Crippen LogP contribution is -2.45. The highest BCUT2D eigenvalue weighted by Crippen LogP contribution is 2.25. The van der Waals surface area contributed by atoms with Crippen molar-refractivity contribution in [1.29, 1.82) is 0 Å². The van der Waals surface area contributed by atoms with Crippen molar-refractivity contribution < 1.29 is 4.79 Å². The fraction of sp³-hybridized carbons (Fsp3) is 0.529. The third kappa shape index (κ3) is 4.14. The topological polar surface area (TPSA) is 63.9 Å². The fourth-order valence-corrected chi connectivity index (χ4v) is 3.56. The van der Waals surface area contributed by atoms with Crippen molar-refractivity contribution in [2.24, 2.45) is 0 Å². The largest absolute Gasteiger partial charge is 0.337 e. The van der Waals surface area contributed by atoms with Crippen molar-refractivity contribution in [3.63, 3.8) is 0 Å². The predicted octanol–water partition coefficient (Wildman–Crippen LogP) is 3.10. The Hall–Kier alpha value is -1.89. The zero-order valence-electron chi connectivity index (χ0n) is 15.1. The van der Waals surface area contributed by atoms with Gasteiger partial charge in [0.05, 0.1) is 10.9 Å². The molecule has 2 rings (SSSR count). The highest BCUT2D eigenvalue weighted by molar-refractivity contribution is 8.00. The number of aromatic nitrogens is 4. The summed E-state index contributed by atoms with van der Waals surface area (Å²) >= 11 is 1.38. The van der Waals surface area contributed by atoms with E-state index >= 15 is 0 Å². The van der Waals surface area contributed by atoms with E-state index in [0.717, 1.165) is 11.3 Å². The van der Waals surface area contributed by atoms with Crippen LogP contribution < -0.4 is 0 Å². The third-order valence-corrected chi connectivity index (χ3v) is 4.70. The molecule has 6 nitrogen and oxygen atoms in total. The van der Waals surface area contributed by atoms with Crippen LogP contribution in [-0.4, -0.2) is 48.3 Å². The number of carbonyl (C=O) groups excluding carboxylic acids is 1. The minimum atomic E-state index is -0.260. The number of carbonyl (C=O) groups is 1. The van der Waals surface area contributed by atoms with E-state index in [4.69, 9.17) is 0 Å². The molecule has 0 N–H and O–H groups in total. The van der Waals surface area contributed by atoms with Gasteiger partial charge < -0.3 is 4.90 Å². The maximum Gasteiger partial charge on any atom is 0.236 e. The van der Waals surface area contributed by atoms with Crippen LogP contribution >= 0.6 is 11.8 Å². The molecule has 0 saturated carbocycles. The van der Waals surface area contributed by atoms with Crippen LogP contribution in [0.2, 0.25) is 0 Å². The Morgan fingerprint density at radius 1 is 1.17 bits per heavy atom. The summed E-state index contributed by atoms with van der Waals surface area (Å²) in [6.45, 7) is 12.1. The van der Waals surface area contributed by atoms with Crippen LogP contribution in [0.25, 0.3) is 5.69 Å². The average Bonchev–Trinajstić information content (AvgIpc) is 2.94. The highest BCUT2D eigenvalue weighted by Gasteiger charge is 2.27. The molecule has 24 heavy (non-hydrogen) atoms. The molecule has 1 unspecified atom stereocenters. The zero-order chi connectivity index (χ0) is 17.9. The van der Waals surface area contributed by atoms with Crippen LogP contribution in [0.5, 0.6) is 0 Å². The van der Waals surface area contributed by atoms with Gasteiger partial charge in [0.25, 0.3) is 0 Å². The molecule has 0 saturated heterocycles. The summed E-state index contributed by atoms with van der Waals surface area (Å²) < 4.78 is 1.68. The summed E-state index contributed by atoms with van der Waals surface area (Å²) in [6, 6.07) is 8.28. The average molecular weight is 347 g/mol. The number of nitrogens with zero attached hydrogens (tertiary/aromatic N) is 5. The second kappa shape index (κ2) is 7.79. The van der Waals surface area contributed by atoms with Crippen LogP contribution in [0, 0.1) is 6.92 Å². The van der Waals surface area contributed by atoms with Crippen LogP contribution in [0.15, 0.2) is 29.4 Å². The number of hydrogen-bond acceptors (Lipinski definition) is 5. The quantitative estimate of drug-likeness (QED) is 0.751. The van der Waals surface area contributed by atoms with Gasteiger partial charge in [-0.25, -0.2) is 0 Å². The van der Waals surface area contributed by atoms with E-state index < -0.39 is 0 Å². The van der Waals surface area contributed by atoms with Crippen molar-refractivity contribution >= 4 is 17.7 Å². The predicted molar refractivity (Wildman–Crippen MR) is 96.3 cm³/mol. The van der Waals surface area contributed by atoms with Gasteiger partial charge in [-0.1, -0.05) is 23.9 Å². The van der Waals surface area contributed by atoms with Crippen molar-refractivity contribution in [1.82, 2.24) is 25.1 Å². The Labute approximate surface area is 147 Å². The van der Waals surface area contributed by atoms with E-state index in [1.54, 1.807) is 4.68 Å². The first-order chi connectivity index (χ1) is 11.3. The van der Waals surface area contributed by atoms with Gasteiger partial charge in [-0.2, -0.15) is 4.68 Å². The molecule has 0 bridgehead atoms. The van der Waals surface area contributed by atoms with Crippen molar-refractivity contribution in [3.05, 3.63) is 29.8 Å². The lowest BCUT2D eigenvalue weighted by atomic mass is 10.2. The lowest BCUT2D eigenvalue weighted by Gasteiger charge is -2.32. The van der Waals surface area contributed by atoms with Crippen LogP contribution in [-0.2, 0) is 4.79 Å². The molecule has 7 heteroatoms. The molecule has 2 aromatic rings. The monoisotopic (exact) mass is 347 g/mol. The molecule has 1 aromatic heterocycles. The molecule has 0 aliphatic rings. The summed E-state index contributed by atoms with van der Waals surface area (Å²) in [6.07, 6.45) is 0. The molecule has 130 valence electrons. The molecule has 1 heterocycles. The molecule has 0 aliphatic carbocycles. The van der Waals surface area contributed by atoms with Gasteiger partial charge in [-0.15, -0.1) is 5.10 Å². The second-order valence-electron chi connectivity index (χ2n) is 6.41. The van der Waals surface area contributed by atoms with Gasteiger partial charge in [0.1, 0.15) is 0 Å². The minimum Gasteiger partial charge on any atom is -0.337 e. The first kappa shape index (κ1) is 18.4. The Morgan fingerprint density at radius 3 is 2.42 bits per heavy atom. The number of hydrogen-bond donors (Lipinski definition) is 0. The van der Waals surface area contributed by atoms with Gasteiger partial charge in [0, 0.05) is 12.1 Å². The third-order valence-electron chi connectivity index (χ3n) is 3.68. The van der Waals surface area contributed by atoms with Crippen molar-refractivity contribution in [2.75, 3.05) is 0 Å². The van der Waals surface area contributed by atoms with Gasteiger partial charge >= 0.3 is 0 Å². The molecule has 0 radical (unpaired) electrons. The maximum absolute atomic E-state index is 12.8. The van der Waals surface area contributed by atoms with E-state index in [2.05, 4.69) is 15.5 Å². The smallest absolute Gasteiger partial charge is 0.236 e. The maximum atomic E-state index is 12.8. The number of rotatable bonds is 6. The SMILES string of the molecule is Cc1cccc(-n2nnnc2SC(C)C(=O)N(C(C)C)C(C)C)c1. The Balaban J connectivity index is 2.20. The summed E-state index contributed by atoms with van der Waals surface area (Å²) in [5, 5.41) is 12.3. The van der Waals surface area contributed by atoms with E-state index in [-0.39, 0.29) is 23.2 Å². The number of tetrazole rings is 1. The van der Waals surface area contributed by atoms with Crippen molar-refractivity contribution in [2.45, 2.75) is 64.0 Å². The van der Waals surface area contributed by atoms with Gasteiger partial charge in [-0.05, 0) is 69.7 Å².